The molecule has 138 valence electrons. The molecule has 0 atom stereocenters. The van der Waals surface area contributed by atoms with Gasteiger partial charge in [0.05, 0.1) is 16.9 Å². The zero-order valence-corrected chi connectivity index (χ0v) is 14.9. The maximum absolute atomic E-state index is 13.5. The summed E-state index contributed by atoms with van der Waals surface area (Å²) >= 11 is 0. The summed E-state index contributed by atoms with van der Waals surface area (Å²) in [6.07, 6.45) is 2.22. The van der Waals surface area contributed by atoms with Crippen molar-refractivity contribution in [3.8, 4) is 11.3 Å². The number of carbonyl (C=O) groups excluding carboxylic acids is 1. The molecule has 8 heteroatoms. The summed E-state index contributed by atoms with van der Waals surface area (Å²) in [5.74, 6) is -0.147. The van der Waals surface area contributed by atoms with E-state index in [1.807, 2.05) is 13.8 Å². The topological polar surface area (TPSA) is 109 Å². The monoisotopic (exact) mass is 366 g/mol. The lowest BCUT2D eigenvalue weighted by Crippen LogP contribution is -2.49. The largest absolute Gasteiger partial charge is 0.384 e. The van der Waals surface area contributed by atoms with Crippen molar-refractivity contribution in [1.82, 2.24) is 20.3 Å². The molecule has 0 aromatic carbocycles. The van der Waals surface area contributed by atoms with Crippen LogP contribution in [0.2, 0.25) is 0 Å². The van der Waals surface area contributed by atoms with Gasteiger partial charge in [-0.25, -0.2) is 9.97 Å². The second-order valence-corrected chi connectivity index (χ2v) is 7.18. The van der Waals surface area contributed by atoms with E-state index in [0.717, 1.165) is 11.3 Å². The van der Waals surface area contributed by atoms with Gasteiger partial charge in [0.2, 0.25) is 5.95 Å². The minimum Gasteiger partial charge on any atom is -0.384 e. The molecule has 0 bridgehead atoms. The van der Waals surface area contributed by atoms with Gasteiger partial charge >= 0.3 is 0 Å². The zero-order valence-electron chi connectivity index (χ0n) is 14.9. The smallest absolute Gasteiger partial charge is 0.255 e. The number of fused-ring (bicyclic) bond motifs is 1. The van der Waals surface area contributed by atoms with Crippen LogP contribution in [0.5, 0.6) is 0 Å². The van der Waals surface area contributed by atoms with Gasteiger partial charge in [0.25, 0.3) is 5.91 Å². The number of nitrogen functional groups attached to an aromatic ring is 1. The molecular weight excluding hydrogens is 347 g/mol. The molecular formula is C19H19FN6O. The summed E-state index contributed by atoms with van der Waals surface area (Å²) < 4.78 is 13.5. The molecule has 0 saturated carbocycles. The zero-order chi connectivity index (χ0) is 19.2. The Bertz CT molecular complexity index is 1040. The van der Waals surface area contributed by atoms with Gasteiger partial charge in [0.1, 0.15) is 11.6 Å². The molecule has 3 aromatic rings. The fourth-order valence-corrected chi connectivity index (χ4v) is 3.34. The molecule has 1 amide bonds. The number of rotatable bonds is 3. The number of nitrogens with zero attached hydrogens (tertiary/aromatic N) is 2. The lowest BCUT2D eigenvalue weighted by Gasteiger charge is -2.30. The first-order valence-corrected chi connectivity index (χ1v) is 8.51. The average molecular weight is 366 g/mol. The Hall–Kier alpha value is -3.42. The Morgan fingerprint density at radius 1 is 1.30 bits per heavy atom. The highest BCUT2D eigenvalue weighted by molar-refractivity contribution is 6.06. The first-order valence-electron chi connectivity index (χ1n) is 8.51. The summed E-state index contributed by atoms with van der Waals surface area (Å²) in [6, 6.07) is 7.96. The lowest BCUT2D eigenvalue weighted by molar-refractivity contribution is 0.0897. The van der Waals surface area contributed by atoms with Crippen LogP contribution < -0.4 is 16.4 Å². The number of hydrogen-bond donors (Lipinski definition) is 4. The first-order chi connectivity index (χ1) is 12.8. The molecule has 0 unspecified atom stereocenters. The number of halogens is 1. The second kappa shape index (κ2) is 6.08. The van der Waals surface area contributed by atoms with Crippen molar-refractivity contribution in [3.63, 3.8) is 0 Å². The van der Waals surface area contributed by atoms with Gasteiger partial charge in [-0.2, -0.15) is 4.39 Å². The van der Waals surface area contributed by atoms with Gasteiger partial charge in [-0.15, -0.1) is 0 Å². The highest BCUT2D eigenvalue weighted by Crippen LogP contribution is 2.38. The number of H-pyrrole nitrogens is 1. The van der Waals surface area contributed by atoms with E-state index in [0.29, 0.717) is 35.0 Å². The van der Waals surface area contributed by atoms with Crippen molar-refractivity contribution in [2.75, 3.05) is 11.1 Å². The van der Waals surface area contributed by atoms with Crippen LogP contribution in [0.25, 0.3) is 11.3 Å². The Labute approximate surface area is 155 Å². The van der Waals surface area contributed by atoms with Crippen LogP contribution in [-0.4, -0.2) is 26.4 Å². The second-order valence-electron chi connectivity index (χ2n) is 7.18. The van der Waals surface area contributed by atoms with Gasteiger partial charge in [0.15, 0.2) is 0 Å². The molecule has 0 radical (unpaired) electrons. The predicted molar refractivity (Wildman–Crippen MR) is 101 cm³/mol. The Kier molecular flexibility index (Phi) is 3.83. The fraction of sp³-hybridized carbons (Fsp3) is 0.211. The van der Waals surface area contributed by atoms with E-state index >= 15 is 0 Å². The molecule has 0 fully saturated rings. The van der Waals surface area contributed by atoms with E-state index in [2.05, 4.69) is 25.6 Å². The summed E-state index contributed by atoms with van der Waals surface area (Å²) in [4.78, 5) is 24.0. The SMILES string of the molecule is CC1(C)Cc2[nH]c(-c3ccnc(N)c3)c(Nc3cccc(F)n3)c2C(=O)N1. The minimum absolute atomic E-state index is 0.204. The molecule has 0 spiro atoms. The predicted octanol–water partition coefficient (Wildman–Crippen LogP) is 3.00. The van der Waals surface area contributed by atoms with Crippen LogP contribution in [0.3, 0.4) is 0 Å². The summed E-state index contributed by atoms with van der Waals surface area (Å²) in [6.45, 7) is 3.92. The van der Waals surface area contributed by atoms with E-state index < -0.39 is 5.95 Å². The van der Waals surface area contributed by atoms with Crippen LogP contribution in [0.4, 0.5) is 21.7 Å². The Morgan fingerprint density at radius 3 is 2.85 bits per heavy atom. The molecule has 0 saturated heterocycles. The maximum Gasteiger partial charge on any atom is 0.255 e. The van der Waals surface area contributed by atoms with Crippen molar-refractivity contribution in [1.29, 1.82) is 0 Å². The quantitative estimate of drug-likeness (QED) is 0.533. The summed E-state index contributed by atoms with van der Waals surface area (Å²) in [5.41, 5.74) is 8.71. The van der Waals surface area contributed by atoms with E-state index in [4.69, 9.17) is 5.73 Å². The van der Waals surface area contributed by atoms with Crippen LogP contribution >= 0.6 is 0 Å². The van der Waals surface area contributed by atoms with Crippen LogP contribution in [-0.2, 0) is 6.42 Å². The van der Waals surface area contributed by atoms with E-state index in [9.17, 15) is 9.18 Å². The Morgan fingerprint density at radius 2 is 2.11 bits per heavy atom. The fourth-order valence-electron chi connectivity index (χ4n) is 3.34. The minimum atomic E-state index is -0.607. The lowest BCUT2D eigenvalue weighted by atomic mass is 9.91. The number of amides is 1. The van der Waals surface area contributed by atoms with Crippen molar-refractivity contribution >= 4 is 23.2 Å². The van der Waals surface area contributed by atoms with Crippen molar-refractivity contribution < 1.29 is 9.18 Å². The number of hydrogen-bond acceptors (Lipinski definition) is 5. The van der Waals surface area contributed by atoms with E-state index in [1.54, 1.807) is 30.5 Å². The number of aromatic nitrogens is 3. The van der Waals surface area contributed by atoms with Gasteiger partial charge < -0.3 is 21.4 Å². The van der Waals surface area contributed by atoms with E-state index in [-0.39, 0.29) is 11.4 Å². The third-order valence-electron chi connectivity index (χ3n) is 4.41. The highest BCUT2D eigenvalue weighted by atomic mass is 19.1. The van der Waals surface area contributed by atoms with Crippen LogP contribution in [0, 0.1) is 5.95 Å². The summed E-state index contributed by atoms with van der Waals surface area (Å²) in [5, 5.41) is 6.09. The number of carbonyl (C=O) groups is 1. The van der Waals surface area contributed by atoms with Crippen LogP contribution in [0.15, 0.2) is 36.5 Å². The molecule has 27 heavy (non-hydrogen) atoms. The third kappa shape index (κ3) is 3.21. The molecule has 3 aromatic heterocycles. The van der Waals surface area contributed by atoms with E-state index in [1.165, 1.54) is 6.07 Å². The molecule has 1 aliphatic heterocycles. The third-order valence-corrected chi connectivity index (χ3v) is 4.41. The molecule has 0 aliphatic carbocycles. The van der Waals surface area contributed by atoms with Crippen LogP contribution in [0.1, 0.15) is 29.9 Å². The summed E-state index contributed by atoms with van der Waals surface area (Å²) in [7, 11) is 0. The highest BCUT2D eigenvalue weighted by Gasteiger charge is 2.35. The molecule has 4 heterocycles. The van der Waals surface area contributed by atoms with Crippen molar-refractivity contribution in [3.05, 3.63) is 53.7 Å². The molecule has 4 rings (SSSR count). The van der Waals surface area contributed by atoms with Gasteiger partial charge in [-0.3, -0.25) is 4.79 Å². The van der Waals surface area contributed by atoms with Gasteiger partial charge in [-0.1, -0.05) is 6.07 Å². The maximum atomic E-state index is 13.5. The van der Waals surface area contributed by atoms with Crippen molar-refractivity contribution in [2.45, 2.75) is 25.8 Å². The van der Waals surface area contributed by atoms with Crippen molar-refractivity contribution in [2.24, 2.45) is 0 Å². The molecule has 1 aliphatic rings. The molecule has 5 N–H and O–H groups in total. The van der Waals surface area contributed by atoms with Gasteiger partial charge in [-0.05, 0) is 38.1 Å². The molecule has 7 nitrogen and oxygen atoms in total. The first kappa shape index (κ1) is 17.0. The number of nitrogens with one attached hydrogen (secondary N) is 3. The standard InChI is InChI=1S/C19H19FN6O/c1-19(2)9-11-15(18(27)26-19)17(25-14-5-3-4-12(20)24-14)16(23-11)10-6-7-22-13(21)8-10/h3-8,23H,9H2,1-2H3,(H2,21,22)(H,24,25)(H,26,27). The number of nitrogens with two attached hydrogens (primary N) is 1. The number of pyridine rings is 2. The average Bonchev–Trinajstić information content (AvgIpc) is 2.92. The normalized spacial score (nSPS) is 15.1. The Balaban J connectivity index is 1.89. The number of anilines is 3. The van der Waals surface area contributed by atoms with Gasteiger partial charge in [0, 0.05) is 29.4 Å². The number of aromatic amines is 1.